The molecule has 2 N–H and O–H groups in total. The highest BCUT2D eigenvalue weighted by Gasteiger charge is 2.18. The van der Waals surface area contributed by atoms with Crippen LogP contribution in [-0.4, -0.2) is 26.8 Å². The molecule has 0 aliphatic carbocycles. The summed E-state index contributed by atoms with van der Waals surface area (Å²) >= 11 is 6.10. The number of aromatic nitrogens is 3. The normalized spacial score (nSPS) is 10.6. The fourth-order valence-electron chi connectivity index (χ4n) is 2.88. The second-order valence-electron chi connectivity index (χ2n) is 6.51. The molecule has 2 amide bonds. The molecule has 0 unspecified atom stereocenters. The van der Waals surface area contributed by atoms with Gasteiger partial charge in [0.2, 0.25) is 5.91 Å². The Balaban J connectivity index is 1.63. The van der Waals surface area contributed by atoms with Crippen LogP contribution in [0.1, 0.15) is 34.2 Å². The summed E-state index contributed by atoms with van der Waals surface area (Å²) in [6, 6.07) is 14.9. The monoisotopic (exact) mass is 411 g/mol. The molecule has 29 heavy (non-hydrogen) atoms. The highest BCUT2D eigenvalue weighted by atomic mass is 35.5. The standard InChI is InChI=1S/C21H22ClN5O2/c1-3-15-8-5-7-11-18(15)24-21(29)20-14(2)27(26-25-20)13-19(28)23-12-16-9-4-6-10-17(16)22/h4-11H,3,12-13H2,1-2H3,(H,23,28)(H,24,29). The van der Waals surface area contributed by atoms with Crippen molar-refractivity contribution >= 4 is 29.1 Å². The van der Waals surface area contributed by atoms with Crippen LogP contribution >= 0.6 is 11.6 Å². The van der Waals surface area contributed by atoms with Crippen LogP contribution in [0.25, 0.3) is 0 Å². The van der Waals surface area contributed by atoms with Gasteiger partial charge in [0, 0.05) is 17.3 Å². The summed E-state index contributed by atoms with van der Waals surface area (Å²) in [4.78, 5) is 24.9. The topological polar surface area (TPSA) is 88.9 Å². The van der Waals surface area contributed by atoms with Crippen LogP contribution in [0.4, 0.5) is 5.69 Å². The van der Waals surface area contributed by atoms with Gasteiger partial charge in [-0.2, -0.15) is 0 Å². The predicted octanol–water partition coefficient (Wildman–Crippen LogP) is 3.37. The lowest BCUT2D eigenvalue weighted by atomic mass is 10.1. The largest absolute Gasteiger partial charge is 0.350 e. The number of benzene rings is 2. The van der Waals surface area contributed by atoms with Crippen molar-refractivity contribution in [3.63, 3.8) is 0 Å². The molecule has 1 aromatic heterocycles. The number of aryl methyl sites for hydroxylation is 1. The first kappa shape index (κ1) is 20.5. The number of hydrogen-bond acceptors (Lipinski definition) is 4. The molecule has 0 atom stereocenters. The van der Waals surface area contributed by atoms with Crippen molar-refractivity contribution in [1.29, 1.82) is 0 Å². The zero-order valence-corrected chi connectivity index (χ0v) is 17.0. The van der Waals surface area contributed by atoms with Crippen molar-refractivity contribution in [2.75, 3.05) is 5.32 Å². The molecule has 0 saturated heterocycles. The molecule has 0 bridgehead atoms. The Bertz CT molecular complexity index is 1030. The summed E-state index contributed by atoms with van der Waals surface area (Å²) in [6.45, 7) is 4.01. The van der Waals surface area contributed by atoms with Crippen molar-refractivity contribution in [1.82, 2.24) is 20.3 Å². The highest BCUT2D eigenvalue weighted by molar-refractivity contribution is 6.31. The zero-order valence-electron chi connectivity index (χ0n) is 16.3. The molecular formula is C21H22ClN5O2. The van der Waals surface area contributed by atoms with Crippen molar-refractivity contribution in [2.45, 2.75) is 33.4 Å². The smallest absolute Gasteiger partial charge is 0.278 e. The highest BCUT2D eigenvalue weighted by Crippen LogP contribution is 2.17. The van der Waals surface area contributed by atoms with Crippen LogP contribution in [0, 0.1) is 6.92 Å². The average molecular weight is 412 g/mol. The third kappa shape index (κ3) is 5.00. The molecule has 0 aliphatic rings. The number of anilines is 1. The minimum Gasteiger partial charge on any atom is -0.350 e. The average Bonchev–Trinajstić information content (AvgIpc) is 3.08. The maximum Gasteiger partial charge on any atom is 0.278 e. The van der Waals surface area contributed by atoms with E-state index in [1.54, 1.807) is 13.0 Å². The molecule has 2 aromatic carbocycles. The Kier molecular flexibility index (Phi) is 6.61. The number of para-hydroxylation sites is 1. The number of hydrogen-bond donors (Lipinski definition) is 2. The lowest BCUT2D eigenvalue weighted by Gasteiger charge is -2.09. The minimum atomic E-state index is -0.355. The maximum atomic E-state index is 12.6. The number of carbonyl (C=O) groups excluding carboxylic acids is 2. The van der Waals surface area contributed by atoms with Gasteiger partial charge in [-0.15, -0.1) is 5.10 Å². The van der Waals surface area contributed by atoms with Crippen molar-refractivity contribution in [2.24, 2.45) is 0 Å². The quantitative estimate of drug-likeness (QED) is 0.623. The van der Waals surface area contributed by atoms with E-state index >= 15 is 0 Å². The first-order chi connectivity index (χ1) is 14.0. The minimum absolute atomic E-state index is 0.0396. The van der Waals surface area contributed by atoms with Crippen molar-refractivity contribution < 1.29 is 9.59 Å². The summed E-state index contributed by atoms with van der Waals surface area (Å²) in [6.07, 6.45) is 0.799. The molecule has 7 nitrogen and oxygen atoms in total. The summed E-state index contributed by atoms with van der Waals surface area (Å²) in [5, 5.41) is 14.2. The second kappa shape index (κ2) is 9.34. The van der Waals surface area contributed by atoms with E-state index in [2.05, 4.69) is 20.9 Å². The van der Waals surface area contributed by atoms with Crippen LogP contribution in [0.2, 0.25) is 5.02 Å². The van der Waals surface area contributed by atoms with Gasteiger partial charge >= 0.3 is 0 Å². The third-order valence-electron chi connectivity index (χ3n) is 4.57. The first-order valence-corrected chi connectivity index (χ1v) is 9.66. The maximum absolute atomic E-state index is 12.6. The molecular weight excluding hydrogens is 390 g/mol. The van der Waals surface area contributed by atoms with Gasteiger partial charge < -0.3 is 10.6 Å². The van der Waals surface area contributed by atoms with Gasteiger partial charge in [0.05, 0.1) is 5.69 Å². The van der Waals surface area contributed by atoms with Gasteiger partial charge in [0.25, 0.3) is 5.91 Å². The van der Waals surface area contributed by atoms with Crippen LogP contribution in [0.3, 0.4) is 0 Å². The van der Waals surface area contributed by atoms with Gasteiger partial charge in [-0.3, -0.25) is 9.59 Å². The first-order valence-electron chi connectivity index (χ1n) is 9.29. The Morgan fingerprint density at radius 3 is 2.48 bits per heavy atom. The van der Waals surface area contributed by atoms with Gasteiger partial charge in [-0.25, -0.2) is 4.68 Å². The third-order valence-corrected chi connectivity index (χ3v) is 4.94. The Morgan fingerprint density at radius 2 is 1.76 bits per heavy atom. The summed E-state index contributed by atoms with van der Waals surface area (Å²) in [7, 11) is 0. The molecule has 3 rings (SSSR count). The summed E-state index contributed by atoms with van der Waals surface area (Å²) in [5.41, 5.74) is 3.31. The molecule has 1 heterocycles. The van der Waals surface area contributed by atoms with Crippen molar-refractivity contribution in [3.8, 4) is 0 Å². The molecule has 8 heteroatoms. The molecule has 0 saturated carbocycles. The van der Waals surface area contributed by atoms with Crippen molar-refractivity contribution in [3.05, 3.63) is 76.1 Å². The summed E-state index contributed by atoms with van der Waals surface area (Å²) in [5.74, 6) is -0.604. The van der Waals surface area contributed by atoms with Gasteiger partial charge in [-0.05, 0) is 36.6 Å². The van der Waals surface area contributed by atoms with E-state index in [0.717, 1.165) is 23.2 Å². The fraction of sp³-hybridized carbons (Fsp3) is 0.238. The predicted molar refractivity (Wildman–Crippen MR) is 112 cm³/mol. The van der Waals surface area contributed by atoms with E-state index in [1.165, 1.54) is 4.68 Å². The molecule has 150 valence electrons. The number of nitrogens with one attached hydrogen (secondary N) is 2. The second-order valence-corrected chi connectivity index (χ2v) is 6.92. The Hall–Kier alpha value is -3.19. The van der Waals surface area contributed by atoms with E-state index in [0.29, 0.717) is 17.3 Å². The van der Waals surface area contributed by atoms with E-state index < -0.39 is 0 Å². The molecule has 0 aliphatic heterocycles. The van der Waals surface area contributed by atoms with Gasteiger partial charge in [0.15, 0.2) is 5.69 Å². The molecule has 3 aromatic rings. The number of nitrogens with zero attached hydrogens (tertiary/aromatic N) is 3. The number of halogens is 1. The lowest BCUT2D eigenvalue weighted by molar-refractivity contribution is -0.122. The van der Waals surface area contributed by atoms with E-state index in [1.807, 2.05) is 49.4 Å². The molecule has 0 radical (unpaired) electrons. The number of amides is 2. The van der Waals surface area contributed by atoms with Crippen LogP contribution in [0.15, 0.2) is 48.5 Å². The van der Waals surface area contributed by atoms with E-state index in [9.17, 15) is 9.59 Å². The number of rotatable bonds is 7. The van der Waals surface area contributed by atoms with Gasteiger partial charge in [-0.1, -0.05) is 60.1 Å². The summed E-state index contributed by atoms with van der Waals surface area (Å²) < 4.78 is 1.41. The molecule has 0 fully saturated rings. The van der Waals surface area contributed by atoms with Crippen LogP contribution < -0.4 is 10.6 Å². The van der Waals surface area contributed by atoms with E-state index in [4.69, 9.17) is 11.6 Å². The van der Waals surface area contributed by atoms with Crippen LogP contribution in [0.5, 0.6) is 0 Å². The number of carbonyl (C=O) groups is 2. The lowest BCUT2D eigenvalue weighted by Crippen LogP contribution is -2.28. The SMILES string of the molecule is CCc1ccccc1NC(=O)c1nnn(CC(=O)NCc2ccccc2Cl)c1C. The fourth-order valence-corrected chi connectivity index (χ4v) is 3.08. The van der Waals surface area contributed by atoms with Crippen LogP contribution in [-0.2, 0) is 24.3 Å². The van der Waals surface area contributed by atoms with Gasteiger partial charge in [0.1, 0.15) is 6.54 Å². The Morgan fingerprint density at radius 1 is 1.07 bits per heavy atom. The van der Waals surface area contributed by atoms with E-state index in [-0.39, 0.29) is 24.1 Å². The molecule has 0 spiro atoms. The Labute approximate surface area is 174 Å². The zero-order chi connectivity index (χ0) is 20.8.